The number of carboxylic acids is 1. The number of carbonyl (C=O) groups is 2. The molecule has 0 saturated carbocycles. The SMILES string of the molecule is C[C@@H]1[C@H](C(=O)O)CCCN1C(=O)c1ccc(Br)c(Cl)c1. The van der Waals surface area contributed by atoms with Crippen LogP contribution < -0.4 is 0 Å². The van der Waals surface area contributed by atoms with Gasteiger partial charge >= 0.3 is 5.97 Å². The van der Waals surface area contributed by atoms with Crippen molar-refractivity contribution in [2.45, 2.75) is 25.8 Å². The molecule has 1 fully saturated rings. The van der Waals surface area contributed by atoms with Crippen molar-refractivity contribution >= 4 is 39.4 Å². The fourth-order valence-corrected chi connectivity index (χ4v) is 2.98. The van der Waals surface area contributed by atoms with E-state index in [1.54, 1.807) is 30.0 Å². The fraction of sp³-hybridized carbons (Fsp3) is 0.429. The summed E-state index contributed by atoms with van der Waals surface area (Å²) in [4.78, 5) is 25.3. The molecule has 0 aromatic heterocycles. The molecule has 2 rings (SSSR count). The zero-order valence-electron chi connectivity index (χ0n) is 11.0. The van der Waals surface area contributed by atoms with Gasteiger partial charge in [0.2, 0.25) is 0 Å². The second-order valence-corrected chi connectivity index (χ2v) is 6.22. The van der Waals surface area contributed by atoms with Crippen molar-refractivity contribution in [2.24, 2.45) is 5.92 Å². The van der Waals surface area contributed by atoms with E-state index in [0.717, 1.165) is 4.47 Å². The molecular formula is C14H15BrClNO3. The molecule has 0 spiro atoms. The van der Waals surface area contributed by atoms with Crippen LogP contribution >= 0.6 is 27.5 Å². The maximum atomic E-state index is 12.5. The Labute approximate surface area is 130 Å². The lowest BCUT2D eigenvalue weighted by atomic mass is 9.90. The summed E-state index contributed by atoms with van der Waals surface area (Å²) in [7, 11) is 0. The fourth-order valence-electron chi connectivity index (χ4n) is 2.55. The van der Waals surface area contributed by atoms with Crippen LogP contribution in [-0.2, 0) is 4.79 Å². The number of halogens is 2. The summed E-state index contributed by atoms with van der Waals surface area (Å²) in [6.07, 6.45) is 1.32. The highest BCUT2D eigenvalue weighted by atomic mass is 79.9. The van der Waals surface area contributed by atoms with Gasteiger partial charge in [0.25, 0.3) is 5.91 Å². The number of amides is 1. The van der Waals surface area contributed by atoms with E-state index in [4.69, 9.17) is 11.6 Å². The Morgan fingerprint density at radius 1 is 1.45 bits per heavy atom. The number of piperidine rings is 1. The minimum atomic E-state index is -0.844. The van der Waals surface area contributed by atoms with Crippen LogP contribution in [0.1, 0.15) is 30.1 Å². The smallest absolute Gasteiger partial charge is 0.308 e. The van der Waals surface area contributed by atoms with Crippen molar-refractivity contribution in [3.8, 4) is 0 Å². The van der Waals surface area contributed by atoms with Crippen LogP contribution in [0, 0.1) is 5.92 Å². The number of aliphatic carboxylic acids is 1. The molecule has 1 N–H and O–H groups in total. The van der Waals surface area contributed by atoms with E-state index in [1.165, 1.54) is 0 Å². The van der Waals surface area contributed by atoms with Crippen LogP contribution in [0.3, 0.4) is 0 Å². The Bertz CT molecular complexity index is 549. The second kappa shape index (κ2) is 6.14. The molecule has 0 bridgehead atoms. The Balaban J connectivity index is 2.23. The predicted molar refractivity (Wildman–Crippen MR) is 80.0 cm³/mol. The first kappa shape index (κ1) is 15.3. The summed E-state index contributed by atoms with van der Waals surface area (Å²) in [5.41, 5.74) is 0.482. The van der Waals surface area contributed by atoms with E-state index in [0.29, 0.717) is 30.0 Å². The van der Waals surface area contributed by atoms with E-state index in [9.17, 15) is 14.7 Å². The minimum absolute atomic E-state index is 0.169. The average Bonchev–Trinajstić information content (AvgIpc) is 2.41. The summed E-state index contributed by atoms with van der Waals surface area (Å²) in [6.45, 7) is 2.37. The van der Waals surface area contributed by atoms with Crippen molar-refractivity contribution < 1.29 is 14.7 Å². The van der Waals surface area contributed by atoms with E-state index in [1.807, 2.05) is 0 Å². The van der Waals surface area contributed by atoms with Gasteiger partial charge in [-0.25, -0.2) is 0 Å². The minimum Gasteiger partial charge on any atom is -0.481 e. The van der Waals surface area contributed by atoms with Gasteiger partial charge in [-0.1, -0.05) is 11.6 Å². The molecule has 1 aliphatic rings. The molecule has 1 aromatic rings. The van der Waals surface area contributed by atoms with Gasteiger partial charge in [-0.05, 0) is 53.9 Å². The zero-order valence-corrected chi connectivity index (χ0v) is 13.3. The number of carbonyl (C=O) groups excluding carboxylic acids is 1. The third-order valence-electron chi connectivity index (χ3n) is 3.73. The molecule has 20 heavy (non-hydrogen) atoms. The summed E-state index contributed by atoms with van der Waals surface area (Å²) in [5.74, 6) is -1.51. The predicted octanol–water partition coefficient (Wildman–Crippen LogP) is 3.43. The van der Waals surface area contributed by atoms with Gasteiger partial charge in [0.1, 0.15) is 0 Å². The first-order chi connectivity index (χ1) is 9.41. The van der Waals surface area contributed by atoms with E-state index in [-0.39, 0.29) is 11.9 Å². The number of benzene rings is 1. The molecule has 1 aromatic carbocycles. The van der Waals surface area contributed by atoms with Crippen molar-refractivity contribution in [3.63, 3.8) is 0 Å². The molecule has 0 aliphatic carbocycles. The molecular weight excluding hydrogens is 346 g/mol. The number of rotatable bonds is 2. The highest BCUT2D eigenvalue weighted by Gasteiger charge is 2.35. The van der Waals surface area contributed by atoms with Crippen molar-refractivity contribution in [1.29, 1.82) is 0 Å². The molecule has 108 valence electrons. The first-order valence-corrected chi connectivity index (χ1v) is 7.57. The number of nitrogens with zero attached hydrogens (tertiary/aromatic N) is 1. The molecule has 0 unspecified atom stereocenters. The highest BCUT2D eigenvalue weighted by Crippen LogP contribution is 2.28. The molecule has 2 atom stereocenters. The topological polar surface area (TPSA) is 57.6 Å². The normalized spacial score (nSPS) is 22.6. The molecule has 0 radical (unpaired) electrons. The van der Waals surface area contributed by atoms with E-state index >= 15 is 0 Å². The van der Waals surface area contributed by atoms with Crippen LogP contribution in [0.4, 0.5) is 0 Å². The van der Waals surface area contributed by atoms with E-state index < -0.39 is 11.9 Å². The van der Waals surface area contributed by atoms with Crippen LogP contribution in [0.2, 0.25) is 5.02 Å². The summed E-state index contributed by atoms with van der Waals surface area (Å²) in [5, 5.41) is 9.66. The maximum Gasteiger partial charge on any atom is 0.308 e. The Morgan fingerprint density at radius 2 is 2.15 bits per heavy atom. The van der Waals surface area contributed by atoms with Crippen molar-refractivity contribution in [2.75, 3.05) is 6.54 Å². The summed E-state index contributed by atoms with van der Waals surface area (Å²) < 4.78 is 0.728. The van der Waals surface area contributed by atoms with Gasteiger partial charge in [-0.2, -0.15) is 0 Å². The Hall–Kier alpha value is -1.07. The largest absolute Gasteiger partial charge is 0.481 e. The number of likely N-dealkylation sites (tertiary alicyclic amines) is 1. The average molecular weight is 361 g/mol. The lowest BCUT2D eigenvalue weighted by Crippen LogP contribution is -2.49. The molecule has 1 aliphatic heterocycles. The Morgan fingerprint density at radius 3 is 2.75 bits per heavy atom. The molecule has 1 amide bonds. The maximum absolute atomic E-state index is 12.5. The number of hydrogen-bond donors (Lipinski definition) is 1. The monoisotopic (exact) mass is 359 g/mol. The first-order valence-electron chi connectivity index (χ1n) is 6.40. The van der Waals surface area contributed by atoms with Gasteiger partial charge in [-0.3, -0.25) is 9.59 Å². The summed E-state index contributed by atoms with van der Waals surface area (Å²) in [6, 6.07) is 4.70. The quantitative estimate of drug-likeness (QED) is 0.879. The van der Waals surface area contributed by atoms with Crippen LogP contribution in [0.25, 0.3) is 0 Å². The van der Waals surface area contributed by atoms with Gasteiger partial charge in [0, 0.05) is 22.6 Å². The standard InChI is InChI=1S/C14H15BrClNO3/c1-8-10(14(19)20)3-2-6-17(8)13(18)9-4-5-11(15)12(16)7-9/h4-5,7-8,10H,2-3,6H2,1H3,(H,19,20)/t8-,10-/m1/s1. The zero-order chi connectivity index (χ0) is 14.9. The highest BCUT2D eigenvalue weighted by molar-refractivity contribution is 9.10. The van der Waals surface area contributed by atoms with Gasteiger partial charge in [0.15, 0.2) is 0 Å². The number of hydrogen-bond acceptors (Lipinski definition) is 2. The lowest BCUT2D eigenvalue weighted by molar-refractivity contribution is -0.144. The van der Waals surface area contributed by atoms with Crippen LogP contribution in [-0.4, -0.2) is 34.5 Å². The third-order valence-corrected chi connectivity index (χ3v) is 4.97. The lowest BCUT2D eigenvalue weighted by Gasteiger charge is -2.37. The van der Waals surface area contributed by atoms with Gasteiger partial charge < -0.3 is 10.0 Å². The third kappa shape index (κ3) is 2.99. The van der Waals surface area contributed by atoms with Crippen molar-refractivity contribution in [1.82, 2.24) is 4.90 Å². The van der Waals surface area contributed by atoms with Gasteiger partial charge in [0.05, 0.1) is 10.9 Å². The molecule has 1 saturated heterocycles. The van der Waals surface area contributed by atoms with Crippen LogP contribution in [0.5, 0.6) is 0 Å². The van der Waals surface area contributed by atoms with Crippen molar-refractivity contribution in [3.05, 3.63) is 33.3 Å². The Kier molecular flexibility index (Phi) is 4.70. The molecule has 4 nitrogen and oxygen atoms in total. The van der Waals surface area contributed by atoms with E-state index in [2.05, 4.69) is 15.9 Å². The molecule has 1 heterocycles. The van der Waals surface area contributed by atoms with Gasteiger partial charge in [-0.15, -0.1) is 0 Å². The molecule has 6 heteroatoms. The second-order valence-electron chi connectivity index (χ2n) is 4.95. The number of carboxylic acid groups (broad SMARTS) is 1. The summed E-state index contributed by atoms with van der Waals surface area (Å²) >= 11 is 9.28. The van der Waals surface area contributed by atoms with Crippen LogP contribution in [0.15, 0.2) is 22.7 Å².